The van der Waals surface area contributed by atoms with Crippen LogP contribution in [0.15, 0.2) is 12.3 Å². The topological polar surface area (TPSA) is 50.1 Å². The predicted molar refractivity (Wildman–Crippen MR) is 51.2 cm³/mol. The summed E-state index contributed by atoms with van der Waals surface area (Å²) in [4.78, 5) is 0. The first kappa shape index (κ1) is 10.2. The SMILES string of the molecule is Cn1ccc(CNCCCCO)n1. The Morgan fingerprint density at radius 2 is 2.38 bits per heavy atom. The van der Waals surface area contributed by atoms with E-state index in [2.05, 4.69) is 10.4 Å². The van der Waals surface area contributed by atoms with Gasteiger partial charge in [-0.2, -0.15) is 5.10 Å². The number of aryl methyl sites for hydroxylation is 1. The molecule has 0 aliphatic carbocycles. The van der Waals surface area contributed by atoms with Crippen LogP contribution in [0, 0.1) is 0 Å². The van der Waals surface area contributed by atoms with Gasteiger partial charge in [-0.25, -0.2) is 0 Å². The van der Waals surface area contributed by atoms with E-state index in [0.29, 0.717) is 0 Å². The summed E-state index contributed by atoms with van der Waals surface area (Å²) in [7, 11) is 1.91. The lowest BCUT2D eigenvalue weighted by Crippen LogP contribution is -2.15. The third kappa shape index (κ3) is 4.05. The van der Waals surface area contributed by atoms with E-state index in [0.717, 1.165) is 31.6 Å². The number of nitrogens with zero attached hydrogens (tertiary/aromatic N) is 2. The Bertz CT molecular complexity index is 235. The number of unbranched alkanes of at least 4 members (excludes halogenated alkanes) is 1. The largest absolute Gasteiger partial charge is 0.396 e. The minimum absolute atomic E-state index is 0.283. The smallest absolute Gasteiger partial charge is 0.0762 e. The molecule has 0 unspecified atom stereocenters. The van der Waals surface area contributed by atoms with Gasteiger partial charge in [0.05, 0.1) is 5.69 Å². The van der Waals surface area contributed by atoms with E-state index in [-0.39, 0.29) is 6.61 Å². The third-order valence-electron chi connectivity index (χ3n) is 1.84. The summed E-state index contributed by atoms with van der Waals surface area (Å²) in [6.45, 7) is 2.04. The van der Waals surface area contributed by atoms with Crippen molar-refractivity contribution in [3.8, 4) is 0 Å². The van der Waals surface area contributed by atoms with Crippen LogP contribution in [-0.2, 0) is 13.6 Å². The van der Waals surface area contributed by atoms with Crippen LogP contribution in [0.25, 0.3) is 0 Å². The average Bonchev–Trinajstić information content (AvgIpc) is 2.51. The van der Waals surface area contributed by atoms with E-state index in [1.165, 1.54) is 0 Å². The molecule has 0 spiro atoms. The van der Waals surface area contributed by atoms with Crippen molar-refractivity contribution in [2.24, 2.45) is 7.05 Å². The number of aliphatic hydroxyl groups excluding tert-OH is 1. The molecule has 0 aliphatic rings. The summed E-state index contributed by atoms with van der Waals surface area (Å²) in [5.41, 5.74) is 1.06. The van der Waals surface area contributed by atoms with Crippen molar-refractivity contribution in [3.63, 3.8) is 0 Å². The predicted octanol–water partition coefficient (Wildman–Crippen LogP) is 0.282. The standard InChI is InChI=1S/C9H17N3O/c1-12-6-4-9(11-12)8-10-5-2-3-7-13/h4,6,10,13H,2-3,5,7-8H2,1H3. The molecule has 2 N–H and O–H groups in total. The highest BCUT2D eigenvalue weighted by Gasteiger charge is 1.94. The summed E-state index contributed by atoms with van der Waals surface area (Å²) < 4.78 is 1.80. The Morgan fingerprint density at radius 1 is 1.54 bits per heavy atom. The molecule has 0 bridgehead atoms. The fourth-order valence-corrected chi connectivity index (χ4v) is 1.14. The molecule has 4 heteroatoms. The van der Waals surface area contributed by atoms with Crippen molar-refractivity contribution in [3.05, 3.63) is 18.0 Å². The number of aliphatic hydroxyl groups is 1. The molecule has 13 heavy (non-hydrogen) atoms. The molecular weight excluding hydrogens is 166 g/mol. The summed E-state index contributed by atoms with van der Waals surface area (Å²) in [5.74, 6) is 0. The van der Waals surface area contributed by atoms with Crippen molar-refractivity contribution in [2.45, 2.75) is 19.4 Å². The number of hydrogen-bond acceptors (Lipinski definition) is 3. The van der Waals surface area contributed by atoms with Crippen LogP contribution in [0.2, 0.25) is 0 Å². The molecule has 1 heterocycles. The number of nitrogens with one attached hydrogen (secondary N) is 1. The van der Waals surface area contributed by atoms with Gasteiger partial charge in [0.25, 0.3) is 0 Å². The fraction of sp³-hybridized carbons (Fsp3) is 0.667. The number of rotatable bonds is 6. The lowest BCUT2D eigenvalue weighted by molar-refractivity contribution is 0.283. The summed E-state index contributed by atoms with van der Waals surface area (Å²) in [6.07, 6.45) is 3.82. The summed E-state index contributed by atoms with van der Waals surface area (Å²) in [5, 5.41) is 16.0. The van der Waals surface area contributed by atoms with Crippen LogP contribution >= 0.6 is 0 Å². The number of hydrogen-bond donors (Lipinski definition) is 2. The van der Waals surface area contributed by atoms with Crippen LogP contribution in [-0.4, -0.2) is 28.0 Å². The van der Waals surface area contributed by atoms with Crippen LogP contribution in [0.5, 0.6) is 0 Å². The van der Waals surface area contributed by atoms with E-state index in [1.54, 1.807) is 4.68 Å². The first-order valence-electron chi connectivity index (χ1n) is 4.63. The summed E-state index contributed by atoms with van der Waals surface area (Å²) in [6, 6.07) is 2.00. The van der Waals surface area contributed by atoms with E-state index in [9.17, 15) is 0 Å². The first-order chi connectivity index (χ1) is 6.33. The molecule has 0 radical (unpaired) electrons. The zero-order chi connectivity index (χ0) is 9.52. The molecule has 0 aliphatic heterocycles. The minimum atomic E-state index is 0.283. The van der Waals surface area contributed by atoms with Crippen LogP contribution in [0.1, 0.15) is 18.5 Å². The van der Waals surface area contributed by atoms with Crippen LogP contribution < -0.4 is 5.32 Å². The Labute approximate surface area is 78.6 Å². The molecule has 1 aromatic rings. The molecule has 0 saturated carbocycles. The fourth-order valence-electron chi connectivity index (χ4n) is 1.14. The van der Waals surface area contributed by atoms with Gasteiger partial charge in [0.15, 0.2) is 0 Å². The Hall–Kier alpha value is -0.870. The minimum Gasteiger partial charge on any atom is -0.396 e. The van der Waals surface area contributed by atoms with E-state index in [4.69, 9.17) is 5.11 Å². The van der Waals surface area contributed by atoms with Crippen molar-refractivity contribution >= 4 is 0 Å². The Kier molecular flexibility index (Phi) is 4.49. The highest BCUT2D eigenvalue weighted by Crippen LogP contribution is 1.93. The van der Waals surface area contributed by atoms with Gasteiger partial charge in [-0.15, -0.1) is 0 Å². The maximum absolute atomic E-state index is 8.54. The van der Waals surface area contributed by atoms with Gasteiger partial charge in [-0.1, -0.05) is 0 Å². The van der Waals surface area contributed by atoms with Crippen molar-refractivity contribution in [2.75, 3.05) is 13.2 Å². The molecule has 1 rings (SSSR count). The van der Waals surface area contributed by atoms with Crippen molar-refractivity contribution in [1.82, 2.24) is 15.1 Å². The molecule has 0 saturated heterocycles. The van der Waals surface area contributed by atoms with Gasteiger partial charge in [0.2, 0.25) is 0 Å². The Balaban J connectivity index is 2.06. The van der Waals surface area contributed by atoms with E-state index >= 15 is 0 Å². The molecule has 0 amide bonds. The van der Waals surface area contributed by atoms with E-state index < -0.39 is 0 Å². The van der Waals surface area contributed by atoms with Gasteiger partial charge in [-0.3, -0.25) is 4.68 Å². The quantitative estimate of drug-likeness (QED) is 0.623. The second kappa shape index (κ2) is 5.72. The molecule has 0 fully saturated rings. The first-order valence-corrected chi connectivity index (χ1v) is 4.63. The highest BCUT2D eigenvalue weighted by molar-refractivity contribution is 4.97. The second-order valence-corrected chi connectivity index (χ2v) is 3.09. The molecule has 74 valence electrons. The van der Waals surface area contributed by atoms with E-state index in [1.807, 2.05) is 19.3 Å². The third-order valence-corrected chi connectivity index (χ3v) is 1.84. The zero-order valence-electron chi connectivity index (χ0n) is 8.03. The molecular formula is C9H17N3O. The van der Waals surface area contributed by atoms with Crippen LogP contribution in [0.3, 0.4) is 0 Å². The van der Waals surface area contributed by atoms with Gasteiger partial charge >= 0.3 is 0 Å². The normalized spacial score (nSPS) is 10.6. The second-order valence-electron chi connectivity index (χ2n) is 3.09. The Morgan fingerprint density at radius 3 is 3.00 bits per heavy atom. The van der Waals surface area contributed by atoms with Crippen molar-refractivity contribution in [1.29, 1.82) is 0 Å². The van der Waals surface area contributed by atoms with Gasteiger partial charge in [-0.05, 0) is 25.5 Å². The summed E-state index contributed by atoms with van der Waals surface area (Å²) >= 11 is 0. The average molecular weight is 183 g/mol. The zero-order valence-corrected chi connectivity index (χ0v) is 8.03. The molecule has 1 aromatic heterocycles. The molecule has 0 aromatic carbocycles. The van der Waals surface area contributed by atoms with Gasteiger partial charge < -0.3 is 10.4 Å². The maximum Gasteiger partial charge on any atom is 0.0762 e. The molecule has 0 atom stereocenters. The van der Waals surface area contributed by atoms with Gasteiger partial charge in [0.1, 0.15) is 0 Å². The monoisotopic (exact) mass is 183 g/mol. The van der Waals surface area contributed by atoms with Crippen LogP contribution in [0.4, 0.5) is 0 Å². The molecule has 4 nitrogen and oxygen atoms in total. The lowest BCUT2D eigenvalue weighted by atomic mass is 10.3. The van der Waals surface area contributed by atoms with Gasteiger partial charge in [0, 0.05) is 26.4 Å². The maximum atomic E-state index is 8.54. The van der Waals surface area contributed by atoms with Crippen molar-refractivity contribution < 1.29 is 5.11 Å². The highest BCUT2D eigenvalue weighted by atomic mass is 16.2. The lowest BCUT2D eigenvalue weighted by Gasteiger charge is -2.00. The number of aromatic nitrogens is 2.